The maximum absolute atomic E-state index is 12.3. The van der Waals surface area contributed by atoms with Crippen LogP contribution in [0.3, 0.4) is 0 Å². The Balaban J connectivity index is 2.25. The smallest absolute Gasteiger partial charge is 0.357 e. The molecule has 2 aliphatic rings. The van der Waals surface area contributed by atoms with Crippen LogP contribution in [-0.4, -0.2) is 48.8 Å². The zero-order chi connectivity index (χ0) is 16.8. The molecule has 2 aliphatic heterocycles. The van der Waals surface area contributed by atoms with Crippen LogP contribution in [0.4, 0.5) is 26.3 Å². The molecular formula is C12H12F6O4. The summed E-state index contributed by atoms with van der Waals surface area (Å²) in [6.45, 7) is -2.37. The number of hydrogen-bond acceptors (Lipinski definition) is 4. The Morgan fingerprint density at radius 2 is 1.68 bits per heavy atom. The number of rotatable bonds is 4. The average Bonchev–Trinajstić information content (AvgIpc) is 2.65. The van der Waals surface area contributed by atoms with E-state index in [0.29, 0.717) is 0 Å². The summed E-state index contributed by atoms with van der Waals surface area (Å²) < 4.78 is 88.1. The molecule has 0 aromatic heterocycles. The molecule has 1 saturated heterocycles. The summed E-state index contributed by atoms with van der Waals surface area (Å²) in [5, 5.41) is 0. The van der Waals surface area contributed by atoms with Crippen molar-refractivity contribution in [2.75, 3.05) is 13.2 Å². The van der Waals surface area contributed by atoms with Gasteiger partial charge in [-0.05, 0) is 6.92 Å². The van der Waals surface area contributed by atoms with E-state index >= 15 is 0 Å². The predicted molar refractivity (Wildman–Crippen MR) is 58.8 cm³/mol. The molecule has 1 fully saturated rings. The van der Waals surface area contributed by atoms with E-state index in [1.54, 1.807) is 0 Å². The SMILES string of the molecule is CC12C=CC(O1)C(OCC(F)(F)F)(OCC(F)(F)F)C(=O)C2. The molecule has 22 heavy (non-hydrogen) atoms. The molecule has 4 nitrogen and oxygen atoms in total. The van der Waals surface area contributed by atoms with Gasteiger partial charge in [0, 0.05) is 6.42 Å². The zero-order valence-electron chi connectivity index (χ0n) is 11.3. The molecule has 2 rings (SSSR count). The van der Waals surface area contributed by atoms with Crippen molar-refractivity contribution < 1.29 is 45.3 Å². The Hall–Kier alpha value is -1.13. The van der Waals surface area contributed by atoms with Crippen LogP contribution in [0.2, 0.25) is 0 Å². The number of halogens is 6. The highest BCUT2D eigenvalue weighted by Crippen LogP contribution is 2.43. The van der Waals surface area contributed by atoms with Crippen LogP contribution in [0.5, 0.6) is 0 Å². The molecule has 0 aliphatic carbocycles. The summed E-state index contributed by atoms with van der Waals surface area (Å²) in [5.74, 6) is -3.78. The first-order valence-electron chi connectivity index (χ1n) is 6.17. The monoisotopic (exact) mass is 334 g/mol. The minimum Gasteiger partial charge on any atom is -0.357 e. The minimum absolute atomic E-state index is 0.449. The van der Waals surface area contributed by atoms with Crippen molar-refractivity contribution >= 4 is 5.78 Å². The molecule has 0 spiro atoms. The lowest BCUT2D eigenvalue weighted by Gasteiger charge is -2.43. The Labute approximate surface area is 121 Å². The van der Waals surface area contributed by atoms with Gasteiger partial charge in [0.15, 0.2) is 5.78 Å². The first kappa shape index (κ1) is 17.2. The summed E-state index contributed by atoms with van der Waals surface area (Å²) in [7, 11) is 0. The van der Waals surface area contributed by atoms with Gasteiger partial charge in [-0.15, -0.1) is 0 Å². The van der Waals surface area contributed by atoms with Crippen LogP contribution in [-0.2, 0) is 19.0 Å². The van der Waals surface area contributed by atoms with Crippen molar-refractivity contribution in [2.24, 2.45) is 0 Å². The van der Waals surface area contributed by atoms with E-state index in [4.69, 9.17) is 4.74 Å². The molecule has 0 amide bonds. The quantitative estimate of drug-likeness (QED) is 0.450. The molecule has 0 aromatic carbocycles. The first-order valence-corrected chi connectivity index (χ1v) is 6.17. The maximum atomic E-state index is 12.3. The normalized spacial score (nSPS) is 30.9. The second-order valence-corrected chi connectivity index (χ2v) is 5.29. The second-order valence-electron chi connectivity index (χ2n) is 5.29. The highest BCUT2D eigenvalue weighted by molar-refractivity contribution is 5.89. The van der Waals surface area contributed by atoms with Crippen molar-refractivity contribution in [1.82, 2.24) is 0 Å². The topological polar surface area (TPSA) is 44.8 Å². The molecule has 0 N–H and O–H groups in total. The van der Waals surface area contributed by atoms with E-state index in [9.17, 15) is 31.1 Å². The zero-order valence-corrected chi connectivity index (χ0v) is 11.3. The number of carbonyl (C=O) groups is 1. The fraction of sp³-hybridized carbons (Fsp3) is 0.750. The molecule has 10 heteroatoms. The third-order valence-corrected chi connectivity index (χ3v) is 3.20. The molecule has 2 unspecified atom stereocenters. The van der Waals surface area contributed by atoms with Crippen molar-refractivity contribution in [3.05, 3.63) is 12.2 Å². The van der Waals surface area contributed by atoms with Crippen LogP contribution < -0.4 is 0 Å². The highest BCUT2D eigenvalue weighted by atomic mass is 19.4. The third kappa shape index (κ3) is 3.61. The van der Waals surface area contributed by atoms with Crippen LogP contribution in [0.15, 0.2) is 12.2 Å². The van der Waals surface area contributed by atoms with Crippen LogP contribution in [0.1, 0.15) is 13.3 Å². The molecule has 0 saturated carbocycles. The summed E-state index contributed by atoms with van der Waals surface area (Å²) >= 11 is 0. The van der Waals surface area contributed by atoms with Gasteiger partial charge in [0.2, 0.25) is 0 Å². The standard InChI is InChI=1S/C12H12F6O4/c1-9-3-2-8(22-9)12(7(19)4-9,20-5-10(13,14)15)21-6-11(16,17)18/h2-3,8H,4-6H2,1H3. The van der Waals surface area contributed by atoms with E-state index in [1.165, 1.54) is 19.1 Å². The third-order valence-electron chi connectivity index (χ3n) is 3.20. The first-order chi connectivity index (χ1) is 9.85. The fourth-order valence-electron chi connectivity index (χ4n) is 2.31. The lowest BCUT2D eigenvalue weighted by Crippen LogP contribution is -2.61. The Morgan fingerprint density at radius 3 is 2.14 bits per heavy atom. The van der Waals surface area contributed by atoms with E-state index in [0.717, 1.165) is 0 Å². The van der Waals surface area contributed by atoms with Gasteiger partial charge in [-0.2, -0.15) is 26.3 Å². The number of hydrogen-bond donors (Lipinski definition) is 0. The minimum atomic E-state index is -4.84. The average molecular weight is 334 g/mol. The molecular weight excluding hydrogens is 322 g/mol. The Kier molecular flexibility index (Phi) is 4.08. The van der Waals surface area contributed by atoms with Gasteiger partial charge in [-0.3, -0.25) is 4.79 Å². The Morgan fingerprint density at radius 1 is 1.18 bits per heavy atom. The van der Waals surface area contributed by atoms with E-state index in [-0.39, 0.29) is 0 Å². The molecule has 0 aromatic rings. The van der Waals surface area contributed by atoms with Crippen LogP contribution >= 0.6 is 0 Å². The predicted octanol–water partition coefficient (Wildman–Crippen LogP) is 2.53. The van der Waals surface area contributed by atoms with Gasteiger partial charge in [0.05, 0.1) is 5.60 Å². The molecule has 2 bridgehead atoms. The fourth-order valence-corrected chi connectivity index (χ4v) is 2.31. The summed E-state index contributed by atoms with van der Waals surface area (Å²) in [6, 6.07) is 0. The number of fused-ring (bicyclic) bond motifs is 2. The van der Waals surface area contributed by atoms with Gasteiger partial charge in [-0.1, -0.05) is 12.2 Å². The number of ether oxygens (including phenoxy) is 3. The number of carbonyl (C=O) groups excluding carboxylic acids is 1. The molecule has 2 atom stereocenters. The van der Waals surface area contributed by atoms with Crippen molar-refractivity contribution in [2.45, 2.75) is 43.2 Å². The highest BCUT2D eigenvalue weighted by Gasteiger charge is 2.60. The second kappa shape index (κ2) is 5.20. The molecule has 126 valence electrons. The van der Waals surface area contributed by atoms with E-state index in [2.05, 4.69) is 9.47 Å². The van der Waals surface area contributed by atoms with Gasteiger partial charge >= 0.3 is 12.4 Å². The van der Waals surface area contributed by atoms with Crippen molar-refractivity contribution in [1.29, 1.82) is 0 Å². The summed E-state index contributed by atoms with van der Waals surface area (Å²) in [4.78, 5) is 12.1. The number of Topliss-reactive ketones (excluding diaryl/α,β-unsaturated/α-hetero) is 1. The molecule has 2 heterocycles. The van der Waals surface area contributed by atoms with Crippen LogP contribution in [0, 0.1) is 0 Å². The number of alkyl halides is 6. The number of ketones is 1. The summed E-state index contributed by atoms with van der Waals surface area (Å²) in [5.41, 5.74) is -1.07. The van der Waals surface area contributed by atoms with Crippen molar-refractivity contribution in [3.8, 4) is 0 Å². The summed E-state index contributed by atoms with van der Waals surface area (Å²) in [6.07, 6.45) is -9.02. The Bertz CT molecular complexity index is 465. The van der Waals surface area contributed by atoms with Gasteiger partial charge in [0.1, 0.15) is 19.3 Å². The lowest BCUT2D eigenvalue weighted by atomic mass is 9.93. The maximum Gasteiger partial charge on any atom is 0.411 e. The van der Waals surface area contributed by atoms with E-state index < -0.39 is 55.3 Å². The van der Waals surface area contributed by atoms with Gasteiger partial charge in [-0.25, -0.2) is 0 Å². The van der Waals surface area contributed by atoms with Gasteiger partial charge < -0.3 is 14.2 Å². The van der Waals surface area contributed by atoms with Crippen molar-refractivity contribution in [3.63, 3.8) is 0 Å². The lowest BCUT2D eigenvalue weighted by molar-refractivity contribution is -0.330. The molecule has 0 radical (unpaired) electrons. The largest absolute Gasteiger partial charge is 0.411 e. The van der Waals surface area contributed by atoms with Gasteiger partial charge in [0.25, 0.3) is 5.79 Å². The van der Waals surface area contributed by atoms with Crippen LogP contribution in [0.25, 0.3) is 0 Å². The van der Waals surface area contributed by atoms with E-state index in [1.807, 2.05) is 0 Å².